The Morgan fingerprint density at radius 2 is 2.27 bits per heavy atom. The van der Waals surface area contributed by atoms with Crippen LogP contribution in [0.25, 0.3) is 4.96 Å². The summed E-state index contributed by atoms with van der Waals surface area (Å²) in [5.74, 6) is 0. The molecule has 3 heterocycles. The Labute approximate surface area is 135 Å². The van der Waals surface area contributed by atoms with Crippen LogP contribution in [0, 0.1) is 13.8 Å². The molecule has 0 bridgehead atoms. The van der Waals surface area contributed by atoms with Crippen LogP contribution in [0.2, 0.25) is 0 Å². The first-order chi connectivity index (χ1) is 10.7. The molecule has 1 aliphatic carbocycles. The fraction of sp³-hybridized carbons (Fsp3) is 0.688. The van der Waals surface area contributed by atoms with Crippen molar-refractivity contribution in [2.24, 2.45) is 0 Å². The van der Waals surface area contributed by atoms with Crippen LogP contribution in [-0.4, -0.2) is 52.7 Å². The molecule has 2 aromatic heterocycles. The van der Waals surface area contributed by atoms with Gasteiger partial charge in [-0.25, -0.2) is 4.98 Å². The number of thiazole rings is 1. The van der Waals surface area contributed by atoms with Crippen LogP contribution < -0.4 is 5.32 Å². The van der Waals surface area contributed by atoms with E-state index in [2.05, 4.69) is 39.6 Å². The van der Waals surface area contributed by atoms with Gasteiger partial charge in [-0.15, -0.1) is 11.3 Å². The lowest BCUT2D eigenvalue weighted by Gasteiger charge is -2.33. The summed E-state index contributed by atoms with van der Waals surface area (Å²) >= 11 is 1.75. The van der Waals surface area contributed by atoms with E-state index >= 15 is 0 Å². The highest BCUT2D eigenvalue weighted by Crippen LogP contribution is 2.28. The van der Waals surface area contributed by atoms with Crippen LogP contribution in [0.1, 0.15) is 29.1 Å². The maximum atomic E-state index is 5.90. The Balaban J connectivity index is 1.34. The average molecular weight is 320 g/mol. The van der Waals surface area contributed by atoms with Crippen molar-refractivity contribution in [3.8, 4) is 0 Å². The van der Waals surface area contributed by atoms with Crippen molar-refractivity contribution in [1.82, 2.24) is 19.6 Å². The monoisotopic (exact) mass is 320 g/mol. The number of fused-ring (bicyclic) bond motifs is 1. The molecule has 0 spiro atoms. The van der Waals surface area contributed by atoms with E-state index in [1.165, 1.54) is 23.4 Å². The smallest absolute Gasteiger partial charge is 0.194 e. The number of hydrogen-bond acceptors (Lipinski definition) is 5. The fourth-order valence-electron chi connectivity index (χ4n) is 3.31. The molecule has 22 heavy (non-hydrogen) atoms. The van der Waals surface area contributed by atoms with E-state index in [0.717, 1.165) is 49.5 Å². The highest BCUT2D eigenvalue weighted by Gasteiger charge is 2.32. The van der Waals surface area contributed by atoms with Crippen LogP contribution in [0.15, 0.2) is 6.20 Å². The van der Waals surface area contributed by atoms with Crippen molar-refractivity contribution in [1.29, 1.82) is 0 Å². The van der Waals surface area contributed by atoms with Crippen molar-refractivity contribution in [2.75, 3.05) is 26.2 Å². The highest BCUT2D eigenvalue weighted by molar-refractivity contribution is 7.17. The van der Waals surface area contributed by atoms with Crippen LogP contribution in [0.5, 0.6) is 0 Å². The van der Waals surface area contributed by atoms with Gasteiger partial charge >= 0.3 is 0 Å². The van der Waals surface area contributed by atoms with E-state index in [9.17, 15) is 0 Å². The Morgan fingerprint density at radius 1 is 1.41 bits per heavy atom. The first-order valence-electron chi connectivity index (χ1n) is 8.21. The second-order valence-electron chi connectivity index (χ2n) is 6.49. The van der Waals surface area contributed by atoms with Crippen molar-refractivity contribution in [2.45, 2.75) is 45.4 Å². The molecule has 1 aliphatic heterocycles. The van der Waals surface area contributed by atoms with Gasteiger partial charge in [0.25, 0.3) is 0 Å². The van der Waals surface area contributed by atoms with Gasteiger partial charge in [0, 0.05) is 43.3 Å². The minimum atomic E-state index is 0.322. The Morgan fingerprint density at radius 3 is 3.09 bits per heavy atom. The number of aryl methyl sites for hydroxylation is 2. The maximum absolute atomic E-state index is 5.90. The molecule has 5 nitrogen and oxygen atoms in total. The van der Waals surface area contributed by atoms with Crippen molar-refractivity contribution >= 4 is 16.3 Å². The van der Waals surface area contributed by atoms with E-state index < -0.39 is 0 Å². The van der Waals surface area contributed by atoms with E-state index in [1.54, 1.807) is 11.3 Å². The Bertz CT molecular complexity index is 660. The summed E-state index contributed by atoms with van der Waals surface area (Å²) in [4.78, 5) is 9.65. The van der Waals surface area contributed by atoms with Gasteiger partial charge in [-0.1, -0.05) is 0 Å². The summed E-state index contributed by atoms with van der Waals surface area (Å²) in [6.45, 7) is 9.06. The molecule has 1 unspecified atom stereocenters. The van der Waals surface area contributed by atoms with Crippen LogP contribution in [-0.2, 0) is 11.3 Å². The summed E-state index contributed by atoms with van der Waals surface area (Å²) in [6, 6.07) is 0.844. The van der Waals surface area contributed by atoms with E-state index in [-0.39, 0.29) is 0 Å². The zero-order valence-corrected chi connectivity index (χ0v) is 14.2. The summed E-state index contributed by atoms with van der Waals surface area (Å²) in [7, 11) is 0. The molecule has 2 fully saturated rings. The SMILES string of the molecule is Cc1cn2c(CNCC3CN(C4CC4)CCO3)c(C)nc2s1. The summed E-state index contributed by atoms with van der Waals surface area (Å²) in [5.41, 5.74) is 2.40. The molecule has 0 aromatic carbocycles. The van der Waals surface area contributed by atoms with E-state index in [0.29, 0.717) is 6.10 Å². The van der Waals surface area contributed by atoms with Crippen molar-refractivity contribution < 1.29 is 4.74 Å². The predicted molar refractivity (Wildman–Crippen MR) is 88.6 cm³/mol. The molecule has 1 N–H and O–H groups in total. The number of imidazole rings is 1. The van der Waals surface area contributed by atoms with Gasteiger partial charge in [0.2, 0.25) is 0 Å². The topological polar surface area (TPSA) is 41.8 Å². The van der Waals surface area contributed by atoms with Crippen molar-refractivity contribution in [3.63, 3.8) is 0 Å². The number of ether oxygens (including phenoxy) is 1. The zero-order chi connectivity index (χ0) is 15.1. The molecule has 4 rings (SSSR count). The molecule has 2 aromatic rings. The third-order valence-corrected chi connectivity index (χ3v) is 5.54. The van der Waals surface area contributed by atoms with Crippen LogP contribution >= 0.6 is 11.3 Å². The van der Waals surface area contributed by atoms with Gasteiger partial charge in [0.1, 0.15) is 0 Å². The third-order valence-electron chi connectivity index (χ3n) is 4.64. The zero-order valence-electron chi connectivity index (χ0n) is 13.3. The standard InChI is InChI=1S/C16H24N4OS/c1-11-9-20-15(12(2)18-16(20)22-11)8-17-7-14-10-19(5-6-21-14)13-3-4-13/h9,13-14,17H,3-8,10H2,1-2H3. The molecule has 0 radical (unpaired) electrons. The number of rotatable bonds is 5. The number of hydrogen-bond donors (Lipinski definition) is 1. The van der Waals surface area contributed by atoms with Gasteiger partial charge in [-0.2, -0.15) is 0 Å². The third kappa shape index (κ3) is 2.93. The minimum Gasteiger partial charge on any atom is -0.374 e. The average Bonchev–Trinajstić information content (AvgIpc) is 3.23. The molecule has 1 saturated carbocycles. The summed E-state index contributed by atoms with van der Waals surface area (Å²) < 4.78 is 8.13. The summed E-state index contributed by atoms with van der Waals surface area (Å²) in [6.07, 6.45) is 5.26. The number of aromatic nitrogens is 2. The molecular weight excluding hydrogens is 296 g/mol. The first-order valence-corrected chi connectivity index (χ1v) is 9.02. The van der Waals surface area contributed by atoms with Gasteiger partial charge in [-0.05, 0) is 26.7 Å². The Kier molecular flexibility index (Phi) is 3.94. The first kappa shape index (κ1) is 14.6. The predicted octanol–water partition coefficient (Wildman–Crippen LogP) is 1.97. The van der Waals surface area contributed by atoms with E-state index in [1.807, 2.05) is 0 Å². The quantitative estimate of drug-likeness (QED) is 0.914. The minimum absolute atomic E-state index is 0.322. The maximum Gasteiger partial charge on any atom is 0.194 e. The normalized spacial score (nSPS) is 23.5. The second kappa shape index (κ2) is 5.92. The van der Waals surface area contributed by atoms with Crippen molar-refractivity contribution in [3.05, 3.63) is 22.5 Å². The van der Waals surface area contributed by atoms with Gasteiger partial charge in [-0.3, -0.25) is 9.30 Å². The lowest BCUT2D eigenvalue weighted by atomic mass is 10.2. The molecule has 0 amide bonds. The number of nitrogens with one attached hydrogen (secondary N) is 1. The lowest BCUT2D eigenvalue weighted by molar-refractivity contribution is -0.0301. The van der Waals surface area contributed by atoms with Gasteiger partial charge in [0.15, 0.2) is 4.96 Å². The molecule has 1 saturated heterocycles. The second-order valence-corrected chi connectivity index (χ2v) is 7.70. The highest BCUT2D eigenvalue weighted by atomic mass is 32.1. The van der Waals surface area contributed by atoms with Crippen LogP contribution in [0.4, 0.5) is 0 Å². The number of nitrogens with zero attached hydrogens (tertiary/aromatic N) is 3. The fourth-order valence-corrected chi connectivity index (χ4v) is 4.20. The van der Waals surface area contributed by atoms with Gasteiger partial charge < -0.3 is 10.1 Å². The van der Waals surface area contributed by atoms with Gasteiger partial charge in [0.05, 0.1) is 24.1 Å². The molecule has 1 atom stereocenters. The number of morpholine rings is 1. The summed E-state index contributed by atoms with van der Waals surface area (Å²) in [5, 5.41) is 3.57. The molecule has 120 valence electrons. The van der Waals surface area contributed by atoms with Crippen LogP contribution in [0.3, 0.4) is 0 Å². The van der Waals surface area contributed by atoms with E-state index in [4.69, 9.17) is 4.74 Å². The lowest BCUT2D eigenvalue weighted by Crippen LogP contribution is -2.47. The largest absolute Gasteiger partial charge is 0.374 e. The molecular formula is C16H24N4OS. The molecule has 2 aliphatic rings. The molecule has 6 heteroatoms. The Hall–Kier alpha value is -0.950.